The molecule has 0 amide bonds. The van der Waals surface area contributed by atoms with Gasteiger partial charge in [0.2, 0.25) is 0 Å². The maximum atomic E-state index is 5.35. The van der Waals surface area contributed by atoms with Crippen LogP contribution in [0, 0.1) is 0 Å². The minimum absolute atomic E-state index is 0.399. The van der Waals surface area contributed by atoms with Gasteiger partial charge >= 0.3 is 0 Å². The molecule has 72 valence electrons. The van der Waals surface area contributed by atoms with Crippen LogP contribution >= 0.6 is 0 Å². The highest BCUT2D eigenvalue weighted by Crippen LogP contribution is 2.16. The van der Waals surface area contributed by atoms with E-state index in [9.17, 15) is 0 Å². The van der Waals surface area contributed by atoms with E-state index in [0.717, 1.165) is 12.4 Å². The van der Waals surface area contributed by atoms with Crippen molar-refractivity contribution < 1.29 is 4.74 Å². The maximum Gasteiger partial charge on any atom is 0.119 e. The molecule has 0 aliphatic heterocycles. The fourth-order valence-corrected chi connectivity index (χ4v) is 1.19. The monoisotopic (exact) mass is 179 g/mol. The van der Waals surface area contributed by atoms with Crippen LogP contribution in [-0.4, -0.2) is 13.7 Å². The van der Waals surface area contributed by atoms with Crippen molar-refractivity contribution in [2.75, 3.05) is 13.7 Å². The van der Waals surface area contributed by atoms with E-state index in [-0.39, 0.29) is 0 Å². The molecule has 0 spiro atoms. The number of ether oxygens (including phenoxy) is 1. The summed E-state index contributed by atoms with van der Waals surface area (Å²) < 4.78 is 5.35. The van der Waals surface area contributed by atoms with Crippen molar-refractivity contribution in [3.8, 4) is 5.75 Å². The highest BCUT2D eigenvalue weighted by Gasteiger charge is 2.01. The van der Waals surface area contributed by atoms with Crippen LogP contribution < -0.4 is 10.1 Å². The number of hydrogen-bond acceptors (Lipinski definition) is 2. The molecule has 0 saturated heterocycles. The molecule has 0 fully saturated rings. The molecule has 0 aromatic heterocycles. The Balaban J connectivity index is 2.69. The maximum absolute atomic E-state index is 5.35. The molecular weight excluding hydrogens is 162 g/mol. The van der Waals surface area contributed by atoms with Crippen molar-refractivity contribution in [2.45, 2.75) is 19.9 Å². The topological polar surface area (TPSA) is 21.3 Å². The van der Waals surface area contributed by atoms with Crippen molar-refractivity contribution in [2.24, 2.45) is 0 Å². The Morgan fingerprint density at radius 1 is 1.31 bits per heavy atom. The third-order valence-electron chi connectivity index (χ3n) is 2.12. The van der Waals surface area contributed by atoms with E-state index in [4.69, 9.17) is 4.74 Å². The molecule has 0 aliphatic carbocycles. The van der Waals surface area contributed by atoms with Crippen LogP contribution in [0.5, 0.6) is 5.75 Å². The fraction of sp³-hybridized carbons (Fsp3) is 0.455. The number of nitrogens with one attached hydrogen (secondary N) is 1. The summed E-state index contributed by atoms with van der Waals surface area (Å²) in [5, 5.41) is 3.19. The van der Waals surface area contributed by atoms with E-state index in [1.165, 1.54) is 5.56 Å². The van der Waals surface area contributed by atoms with Crippen molar-refractivity contribution in [1.29, 1.82) is 0 Å². The quantitative estimate of drug-likeness (QED) is 0.766. The van der Waals surface area contributed by atoms with Gasteiger partial charge in [-0.15, -0.1) is 0 Å². The van der Waals surface area contributed by atoms with Gasteiger partial charge < -0.3 is 10.1 Å². The van der Waals surface area contributed by atoms with Crippen LogP contribution in [0.4, 0.5) is 0 Å². The van der Waals surface area contributed by atoms with Gasteiger partial charge in [-0.2, -0.15) is 0 Å². The summed E-state index contributed by atoms with van der Waals surface area (Å²) in [6.07, 6.45) is 0. The van der Waals surface area contributed by atoms with Crippen LogP contribution in [-0.2, 0) is 0 Å². The summed E-state index contributed by atoms with van der Waals surface area (Å²) in [4.78, 5) is 0. The normalized spacial score (nSPS) is 12.5. The summed E-state index contributed by atoms with van der Waals surface area (Å²) in [7, 11) is 1.96. The minimum Gasteiger partial charge on any atom is -0.494 e. The van der Waals surface area contributed by atoms with E-state index in [2.05, 4.69) is 24.4 Å². The molecule has 0 saturated carbocycles. The van der Waals surface area contributed by atoms with Crippen LogP contribution in [0.3, 0.4) is 0 Å². The molecule has 1 unspecified atom stereocenters. The lowest BCUT2D eigenvalue weighted by Crippen LogP contribution is -2.11. The molecule has 0 aliphatic rings. The van der Waals surface area contributed by atoms with Gasteiger partial charge in [-0.05, 0) is 38.6 Å². The van der Waals surface area contributed by atoms with Gasteiger partial charge in [0.1, 0.15) is 5.75 Å². The third-order valence-corrected chi connectivity index (χ3v) is 2.12. The van der Waals surface area contributed by atoms with Gasteiger partial charge in [-0.1, -0.05) is 12.1 Å². The molecule has 1 N–H and O–H groups in total. The van der Waals surface area contributed by atoms with Gasteiger partial charge in [0.25, 0.3) is 0 Å². The molecule has 13 heavy (non-hydrogen) atoms. The second kappa shape index (κ2) is 4.87. The van der Waals surface area contributed by atoms with Crippen molar-refractivity contribution >= 4 is 0 Å². The van der Waals surface area contributed by atoms with Crippen LogP contribution in [0.1, 0.15) is 25.5 Å². The Bertz CT molecular complexity index is 243. The summed E-state index contributed by atoms with van der Waals surface area (Å²) in [6.45, 7) is 4.85. The fourth-order valence-electron chi connectivity index (χ4n) is 1.19. The SMILES string of the molecule is CCOc1ccc(C(C)NC)cc1. The minimum atomic E-state index is 0.399. The van der Waals surface area contributed by atoms with Crippen molar-refractivity contribution in [3.63, 3.8) is 0 Å². The van der Waals surface area contributed by atoms with E-state index in [1.54, 1.807) is 0 Å². The molecule has 2 heteroatoms. The van der Waals surface area contributed by atoms with Gasteiger partial charge in [0.05, 0.1) is 6.61 Å². The first-order chi connectivity index (χ1) is 6.27. The molecule has 1 rings (SSSR count). The summed E-state index contributed by atoms with van der Waals surface area (Å²) >= 11 is 0. The molecule has 0 bridgehead atoms. The Morgan fingerprint density at radius 3 is 2.38 bits per heavy atom. The predicted molar refractivity (Wildman–Crippen MR) is 55.1 cm³/mol. The summed E-state index contributed by atoms with van der Waals surface area (Å²) in [6, 6.07) is 8.59. The lowest BCUT2D eigenvalue weighted by molar-refractivity contribution is 0.340. The molecule has 1 aromatic rings. The smallest absolute Gasteiger partial charge is 0.119 e. The second-order valence-corrected chi connectivity index (χ2v) is 3.01. The van der Waals surface area contributed by atoms with Crippen molar-refractivity contribution in [1.82, 2.24) is 5.32 Å². The Morgan fingerprint density at radius 2 is 1.92 bits per heavy atom. The third kappa shape index (κ3) is 2.74. The lowest BCUT2D eigenvalue weighted by atomic mass is 10.1. The summed E-state index contributed by atoms with van der Waals surface area (Å²) in [5.74, 6) is 0.939. The van der Waals surface area contributed by atoms with Gasteiger partial charge in [0.15, 0.2) is 0 Å². The second-order valence-electron chi connectivity index (χ2n) is 3.01. The average molecular weight is 179 g/mol. The Labute approximate surface area is 79.9 Å². The van der Waals surface area contributed by atoms with Crippen LogP contribution in [0.2, 0.25) is 0 Å². The first-order valence-corrected chi connectivity index (χ1v) is 4.68. The Hall–Kier alpha value is -1.02. The van der Waals surface area contributed by atoms with Crippen LogP contribution in [0.25, 0.3) is 0 Å². The first-order valence-electron chi connectivity index (χ1n) is 4.68. The molecule has 1 atom stereocenters. The van der Waals surface area contributed by atoms with E-state index in [1.807, 2.05) is 26.1 Å². The predicted octanol–water partition coefficient (Wildman–Crippen LogP) is 2.37. The molecule has 2 nitrogen and oxygen atoms in total. The number of benzene rings is 1. The lowest BCUT2D eigenvalue weighted by Gasteiger charge is -2.11. The number of rotatable bonds is 4. The van der Waals surface area contributed by atoms with E-state index < -0.39 is 0 Å². The molecule has 0 heterocycles. The van der Waals surface area contributed by atoms with Gasteiger partial charge in [-0.3, -0.25) is 0 Å². The Kier molecular flexibility index (Phi) is 3.77. The highest BCUT2D eigenvalue weighted by atomic mass is 16.5. The van der Waals surface area contributed by atoms with E-state index in [0.29, 0.717) is 6.04 Å². The summed E-state index contributed by atoms with van der Waals surface area (Å²) in [5.41, 5.74) is 1.28. The standard InChI is InChI=1S/C11H17NO/c1-4-13-11-7-5-10(6-8-11)9(2)12-3/h5-9,12H,4H2,1-3H3. The largest absolute Gasteiger partial charge is 0.494 e. The van der Waals surface area contributed by atoms with Crippen molar-refractivity contribution in [3.05, 3.63) is 29.8 Å². The zero-order chi connectivity index (χ0) is 9.68. The molecular formula is C11H17NO. The molecule has 0 radical (unpaired) electrons. The highest BCUT2D eigenvalue weighted by molar-refractivity contribution is 5.28. The number of hydrogen-bond donors (Lipinski definition) is 1. The average Bonchev–Trinajstić information content (AvgIpc) is 2.18. The van der Waals surface area contributed by atoms with Gasteiger partial charge in [-0.25, -0.2) is 0 Å². The first kappa shape index (κ1) is 10.1. The van der Waals surface area contributed by atoms with Crippen LogP contribution in [0.15, 0.2) is 24.3 Å². The zero-order valence-corrected chi connectivity index (χ0v) is 8.50. The zero-order valence-electron chi connectivity index (χ0n) is 8.50. The van der Waals surface area contributed by atoms with E-state index >= 15 is 0 Å². The van der Waals surface area contributed by atoms with Gasteiger partial charge in [0, 0.05) is 6.04 Å². The molecule has 1 aromatic carbocycles.